The summed E-state index contributed by atoms with van der Waals surface area (Å²) in [4.78, 5) is 27.3. The van der Waals surface area contributed by atoms with Crippen LogP contribution >= 0.6 is 0 Å². The average Bonchev–Trinajstić information content (AvgIpc) is 3.08. The van der Waals surface area contributed by atoms with E-state index in [2.05, 4.69) is 39.9 Å². The second-order valence-electron chi connectivity index (χ2n) is 10.1. The van der Waals surface area contributed by atoms with E-state index in [0.717, 1.165) is 23.4 Å². The molecule has 6 nitrogen and oxygen atoms in total. The minimum absolute atomic E-state index is 0.00151. The highest BCUT2D eigenvalue weighted by atomic mass is 16.2. The molecule has 31 heavy (non-hydrogen) atoms. The lowest BCUT2D eigenvalue weighted by atomic mass is 9.92. The largest absolute Gasteiger partial charge is 0.333 e. The van der Waals surface area contributed by atoms with E-state index in [1.54, 1.807) is 9.58 Å². The third-order valence-electron chi connectivity index (χ3n) is 5.11. The summed E-state index contributed by atoms with van der Waals surface area (Å²) in [5, 5.41) is 7.77. The minimum Gasteiger partial charge on any atom is -0.333 e. The molecule has 0 saturated carbocycles. The van der Waals surface area contributed by atoms with Gasteiger partial charge in [0.15, 0.2) is 0 Å². The zero-order chi connectivity index (χ0) is 23.3. The van der Waals surface area contributed by atoms with Crippen molar-refractivity contribution in [2.24, 2.45) is 11.8 Å². The first-order valence-electron chi connectivity index (χ1n) is 11.1. The molecular weight excluding hydrogens is 388 g/mol. The molecule has 2 amide bonds. The molecule has 6 heteroatoms. The van der Waals surface area contributed by atoms with Crippen molar-refractivity contribution in [1.29, 1.82) is 0 Å². The maximum Gasteiger partial charge on any atom is 0.245 e. The molecule has 0 aliphatic carbocycles. The predicted octanol–water partition coefficient (Wildman–Crippen LogP) is 4.95. The lowest BCUT2D eigenvalue weighted by molar-refractivity contribution is -0.137. The number of amides is 2. The molecule has 0 spiro atoms. The summed E-state index contributed by atoms with van der Waals surface area (Å²) in [6.07, 6.45) is 0.862. The summed E-state index contributed by atoms with van der Waals surface area (Å²) in [6, 6.07) is 9.93. The van der Waals surface area contributed by atoms with Gasteiger partial charge in [0.2, 0.25) is 11.8 Å². The fourth-order valence-corrected chi connectivity index (χ4v) is 3.20. The summed E-state index contributed by atoms with van der Waals surface area (Å²) in [6.45, 7) is 16.9. The first kappa shape index (κ1) is 24.6. The maximum absolute atomic E-state index is 13.0. The van der Waals surface area contributed by atoms with Crippen molar-refractivity contribution in [1.82, 2.24) is 14.7 Å². The van der Waals surface area contributed by atoms with Gasteiger partial charge in [-0.05, 0) is 37.0 Å². The van der Waals surface area contributed by atoms with E-state index in [-0.39, 0.29) is 29.7 Å². The van der Waals surface area contributed by atoms with Gasteiger partial charge >= 0.3 is 0 Å². The normalized spacial score (nSPS) is 11.8. The monoisotopic (exact) mass is 426 g/mol. The number of rotatable bonds is 8. The van der Waals surface area contributed by atoms with Gasteiger partial charge < -0.3 is 10.2 Å². The van der Waals surface area contributed by atoms with Crippen molar-refractivity contribution >= 4 is 17.6 Å². The van der Waals surface area contributed by atoms with Crippen molar-refractivity contribution in [2.45, 2.75) is 67.2 Å². The summed E-state index contributed by atoms with van der Waals surface area (Å²) < 4.78 is 1.77. The zero-order valence-corrected chi connectivity index (χ0v) is 20.3. The number of hydrogen-bond acceptors (Lipinski definition) is 3. The Balaban J connectivity index is 2.29. The third-order valence-corrected chi connectivity index (χ3v) is 5.11. The second kappa shape index (κ2) is 10.1. The number of benzene rings is 1. The van der Waals surface area contributed by atoms with E-state index in [0.29, 0.717) is 18.3 Å². The Morgan fingerprint density at radius 1 is 1.13 bits per heavy atom. The van der Waals surface area contributed by atoms with Crippen LogP contribution < -0.4 is 5.32 Å². The second-order valence-corrected chi connectivity index (χ2v) is 10.1. The average molecular weight is 427 g/mol. The highest BCUT2D eigenvalue weighted by Crippen LogP contribution is 2.26. The van der Waals surface area contributed by atoms with Crippen molar-refractivity contribution < 1.29 is 9.59 Å². The molecule has 0 aliphatic heterocycles. The standard InChI is InChI=1S/C25H38N4O2/c1-17(2)12-13-28(24(31)18(3)4)16-23(30)26-22-15-21(25(6,7)8)27-29(22)20-11-9-10-19(5)14-20/h9-11,14-15,17-18H,12-13,16H2,1-8H3,(H,26,30). The Labute approximate surface area is 187 Å². The molecule has 1 heterocycles. The van der Waals surface area contributed by atoms with Crippen LogP contribution in [0.2, 0.25) is 0 Å². The fraction of sp³-hybridized carbons (Fsp3) is 0.560. The molecule has 0 radical (unpaired) electrons. The molecule has 0 unspecified atom stereocenters. The van der Waals surface area contributed by atoms with E-state index in [1.165, 1.54) is 0 Å². The smallest absolute Gasteiger partial charge is 0.245 e. The fourth-order valence-electron chi connectivity index (χ4n) is 3.20. The Morgan fingerprint density at radius 3 is 2.35 bits per heavy atom. The highest BCUT2D eigenvalue weighted by molar-refractivity contribution is 5.94. The van der Waals surface area contributed by atoms with Crippen LogP contribution in [0.15, 0.2) is 30.3 Å². The van der Waals surface area contributed by atoms with Gasteiger partial charge in [0, 0.05) is 23.9 Å². The SMILES string of the molecule is Cc1cccc(-n2nc(C(C)(C)C)cc2NC(=O)CN(CCC(C)C)C(=O)C(C)C)c1. The first-order chi connectivity index (χ1) is 14.4. The van der Waals surface area contributed by atoms with Crippen LogP contribution in [0.25, 0.3) is 5.69 Å². The topological polar surface area (TPSA) is 67.2 Å². The molecule has 1 aromatic heterocycles. The van der Waals surface area contributed by atoms with Crippen molar-refractivity contribution in [3.05, 3.63) is 41.6 Å². The van der Waals surface area contributed by atoms with Gasteiger partial charge in [0.05, 0.1) is 17.9 Å². The van der Waals surface area contributed by atoms with Crippen molar-refractivity contribution in [3.63, 3.8) is 0 Å². The number of hydrogen-bond donors (Lipinski definition) is 1. The van der Waals surface area contributed by atoms with Crippen molar-refractivity contribution in [2.75, 3.05) is 18.4 Å². The van der Waals surface area contributed by atoms with Crippen LogP contribution in [0.5, 0.6) is 0 Å². The highest BCUT2D eigenvalue weighted by Gasteiger charge is 2.24. The van der Waals surface area contributed by atoms with Crippen LogP contribution in [0.3, 0.4) is 0 Å². The summed E-state index contributed by atoms with van der Waals surface area (Å²) in [5.74, 6) is 0.708. The molecule has 0 atom stereocenters. The molecule has 170 valence electrons. The van der Waals surface area contributed by atoms with Crippen molar-refractivity contribution in [3.8, 4) is 5.69 Å². The molecule has 0 saturated heterocycles. The lowest BCUT2D eigenvalue weighted by Gasteiger charge is -2.25. The van der Waals surface area contributed by atoms with Crippen LogP contribution in [-0.4, -0.2) is 39.6 Å². The molecule has 0 fully saturated rings. The number of carbonyl (C=O) groups excluding carboxylic acids is 2. The summed E-state index contributed by atoms with van der Waals surface area (Å²) in [5.41, 5.74) is 2.73. The van der Waals surface area contributed by atoms with E-state index in [1.807, 2.05) is 51.1 Å². The molecule has 0 bridgehead atoms. The first-order valence-corrected chi connectivity index (χ1v) is 11.1. The Bertz CT molecular complexity index is 906. The quantitative estimate of drug-likeness (QED) is 0.650. The maximum atomic E-state index is 13.0. The van der Waals surface area contributed by atoms with E-state index in [9.17, 15) is 9.59 Å². The van der Waals surface area contributed by atoms with E-state index in [4.69, 9.17) is 5.10 Å². The van der Waals surface area contributed by atoms with Gasteiger partial charge in [0.25, 0.3) is 0 Å². The minimum atomic E-state index is -0.216. The Hall–Kier alpha value is -2.63. The van der Waals surface area contributed by atoms with E-state index >= 15 is 0 Å². The number of anilines is 1. The van der Waals surface area contributed by atoms with Crippen LogP contribution in [0.1, 0.15) is 66.1 Å². The van der Waals surface area contributed by atoms with E-state index < -0.39 is 0 Å². The predicted molar refractivity (Wildman–Crippen MR) is 127 cm³/mol. The van der Waals surface area contributed by atoms with Gasteiger partial charge in [-0.25, -0.2) is 4.68 Å². The molecular formula is C25H38N4O2. The van der Waals surface area contributed by atoms with Gasteiger partial charge in [-0.2, -0.15) is 5.10 Å². The van der Waals surface area contributed by atoms with Gasteiger partial charge in [-0.15, -0.1) is 0 Å². The molecule has 0 aliphatic rings. The number of nitrogens with one attached hydrogen (secondary N) is 1. The summed E-state index contributed by atoms with van der Waals surface area (Å²) in [7, 11) is 0. The van der Waals surface area contributed by atoms with Gasteiger partial charge in [0.1, 0.15) is 5.82 Å². The van der Waals surface area contributed by atoms with Gasteiger partial charge in [-0.3, -0.25) is 9.59 Å². The molecule has 1 aromatic carbocycles. The Morgan fingerprint density at radius 2 is 1.81 bits per heavy atom. The van der Waals surface area contributed by atoms with Crippen LogP contribution in [0.4, 0.5) is 5.82 Å². The number of aryl methyl sites for hydroxylation is 1. The lowest BCUT2D eigenvalue weighted by Crippen LogP contribution is -2.41. The van der Waals surface area contributed by atoms with Gasteiger partial charge in [-0.1, -0.05) is 60.6 Å². The third kappa shape index (κ3) is 6.94. The number of aromatic nitrogens is 2. The summed E-state index contributed by atoms with van der Waals surface area (Å²) >= 11 is 0. The van der Waals surface area contributed by atoms with Crippen LogP contribution in [-0.2, 0) is 15.0 Å². The van der Waals surface area contributed by atoms with Crippen LogP contribution in [0, 0.1) is 18.8 Å². The Kier molecular flexibility index (Phi) is 8.04. The molecule has 1 N–H and O–H groups in total. The zero-order valence-electron chi connectivity index (χ0n) is 20.3. The molecule has 2 aromatic rings. The number of nitrogens with zero attached hydrogens (tertiary/aromatic N) is 3. The number of carbonyl (C=O) groups is 2. The molecule has 2 rings (SSSR count).